The fourth-order valence-electron chi connectivity index (χ4n) is 2.30. The van der Waals surface area contributed by atoms with Gasteiger partial charge in [-0.1, -0.05) is 50.9 Å². The summed E-state index contributed by atoms with van der Waals surface area (Å²) in [5.74, 6) is 0.703. The van der Waals surface area contributed by atoms with Gasteiger partial charge in [0.2, 0.25) is 11.7 Å². The average Bonchev–Trinajstić information content (AvgIpc) is 3.04. The molecule has 1 heterocycles. The van der Waals surface area contributed by atoms with E-state index in [1.807, 2.05) is 56.3 Å². The number of carbonyl (C=O) groups is 1. The summed E-state index contributed by atoms with van der Waals surface area (Å²) in [5, 5.41) is 6.77. The molecule has 2 aromatic carbocycles. The van der Waals surface area contributed by atoms with Crippen LogP contribution in [-0.2, 0) is 6.54 Å². The van der Waals surface area contributed by atoms with Crippen LogP contribution in [0, 0.1) is 13.8 Å². The molecule has 5 nitrogen and oxygen atoms in total. The summed E-state index contributed by atoms with van der Waals surface area (Å²) in [5.41, 5.74) is 3.47. The Morgan fingerprint density at radius 2 is 2.04 bits per heavy atom. The first-order chi connectivity index (χ1) is 11.5. The summed E-state index contributed by atoms with van der Waals surface area (Å²) in [6.07, 6.45) is 0. The maximum atomic E-state index is 12.3. The Hall–Kier alpha value is -2.47. The van der Waals surface area contributed by atoms with Crippen molar-refractivity contribution in [1.82, 2.24) is 15.5 Å². The number of carbonyl (C=O) groups excluding carboxylic acids is 1. The van der Waals surface area contributed by atoms with Crippen molar-refractivity contribution in [1.29, 1.82) is 0 Å². The van der Waals surface area contributed by atoms with Crippen LogP contribution in [0.25, 0.3) is 11.4 Å². The number of nitrogens with one attached hydrogen (secondary N) is 1. The van der Waals surface area contributed by atoms with Crippen molar-refractivity contribution in [3.63, 3.8) is 0 Å². The van der Waals surface area contributed by atoms with Crippen molar-refractivity contribution in [2.75, 3.05) is 0 Å². The van der Waals surface area contributed by atoms with Crippen molar-refractivity contribution in [2.45, 2.75) is 20.4 Å². The maximum Gasteiger partial charge on any atom is 0.251 e. The summed E-state index contributed by atoms with van der Waals surface area (Å²) in [4.78, 5) is 16.6. The normalized spacial score (nSPS) is 10.6. The van der Waals surface area contributed by atoms with E-state index >= 15 is 0 Å². The number of aryl methyl sites for hydroxylation is 2. The molecule has 24 heavy (non-hydrogen) atoms. The molecule has 1 aromatic heterocycles. The minimum absolute atomic E-state index is 0.154. The first-order valence-corrected chi connectivity index (χ1v) is 8.26. The summed E-state index contributed by atoms with van der Waals surface area (Å²) >= 11 is 3.41. The van der Waals surface area contributed by atoms with Crippen LogP contribution in [0.15, 0.2) is 51.5 Å². The molecule has 122 valence electrons. The fraction of sp³-hybridized carbons (Fsp3) is 0.167. The number of benzene rings is 2. The van der Waals surface area contributed by atoms with E-state index in [1.54, 1.807) is 0 Å². The Labute approximate surface area is 148 Å². The molecular formula is C18H16BrN3O2. The van der Waals surface area contributed by atoms with Crippen LogP contribution in [-0.4, -0.2) is 16.0 Å². The molecule has 0 bridgehead atoms. The van der Waals surface area contributed by atoms with Crippen molar-refractivity contribution < 1.29 is 9.32 Å². The molecule has 0 aliphatic carbocycles. The van der Waals surface area contributed by atoms with Gasteiger partial charge in [0.15, 0.2) is 0 Å². The van der Waals surface area contributed by atoms with Gasteiger partial charge >= 0.3 is 0 Å². The Bertz CT molecular complexity index is 889. The van der Waals surface area contributed by atoms with Gasteiger partial charge in [-0.05, 0) is 37.6 Å². The zero-order valence-corrected chi connectivity index (χ0v) is 14.9. The van der Waals surface area contributed by atoms with Gasteiger partial charge < -0.3 is 9.84 Å². The SMILES string of the molecule is Cc1ccc(C)c(C(=O)NCc2nc(-c3cccc(Br)c3)no2)c1. The van der Waals surface area contributed by atoms with Crippen LogP contribution in [0.2, 0.25) is 0 Å². The Morgan fingerprint density at radius 1 is 1.21 bits per heavy atom. The highest BCUT2D eigenvalue weighted by Crippen LogP contribution is 2.20. The van der Waals surface area contributed by atoms with Gasteiger partial charge in [-0.15, -0.1) is 0 Å². The second-order valence-corrected chi connectivity index (χ2v) is 6.44. The van der Waals surface area contributed by atoms with Gasteiger partial charge in [-0.25, -0.2) is 0 Å². The molecular weight excluding hydrogens is 370 g/mol. The van der Waals surface area contributed by atoms with Crippen LogP contribution in [0.3, 0.4) is 0 Å². The summed E-state index contributed by atoms with van der Waals surface area (Å²) in [7, 11) is 0. The second-order valence-electron chi connectivity index (χ2n) is 5.52. The van der Waals surface area contributed by atoms with Gasteiger partial charge in [-0.3, -0.25) is 4.79 Å². The predicted octanol–water partition coefficient (Wildman–Crippen LogP) is 4.05. The van der Waals surface area contributed by atoms with E-state index in [0.717, 1.165) is 21.2 Å². The molecule has 0 radical (unpaired) electrons. The smallest absolute Gasteiger partial charge is 0.251 e. The van der Waals surface area contributed by atoms with E-state index in [9.17, 15) is 4.79 Å². The lowest BCUT2D eigenvalue weighted by Crippen LogP contribution is -2.23. The molecule has 0 atom stereocenters. The Kier molecular flexibility index (Phi) is 4.76. The number of halogens is 1. The van der Waals surface area contributed by atoms with Crippen LogP contribution >= 0.6 is 15.9 Å². The first-order valence-electron chi connectivity index (χ1n) is 7.47. The molecule has 1 amide bonds. The summed E-state index contributed by atoms with van der Waals surface area (Å²) in [6, 6.07) is 13.4. The predicted molar refractivity (Wildman–Crippen MR) is 94.5 cm³/mol. The standard InChI is InChI=1S/C18H16BrN3O2/c1-11-6-7-12(2)15(8-11)18(23)20-10-16-21-17(22-24-16)13-4-3-5-14(19)9-13/h3-9H,10H2,1-2H3,(H,20,23). The van der Waals surface area contributed by atoms with Gasteiger partial charge in [0, 0.05) is 15.6 Å². The van der Waals surface area contributed by atoms with Crippen LogP contribution in [0.5, 0.6) is 0 Å². The number of hydrogen-bond donors (Lipinski definition) is 1. The topological polar surface area (TPSA) is 68.0 Å². The van der Waals surface area contributed by atoms with Crippen molar-refractivity contribution in [3.8, 4) is 11.4 Å². The van der Waals surface area contributed by atoms with Gasteiger partial charge in [0.25, 0.3) is 5.91 Å². The minimum Gasteiger partial charge on any atom is -0.343 e. The Morgan fingerprint density at radius 3 is 2.83 bits per heavy atom. The Balaban J connectivity index is 1.69. The molecule has 1 N–H and O–H groups in total. The van der Waals surface area contributed by atoms with E-state index in [2.05, 4.69) is 31.4 Å². The molecule has 0 saturated heterocycles. The molecule has 0 aliphatic rings. The molecule has 0 unspecified atom stereocenters. The molecule has 0 aliphatic heterocycles. The van der Waals surface area contributed by atoms with Crippen LogP contribution in [0.1, 0.15) is 27.4 Å². The van der Waals surface area contributed by atoms with Crippen LogP contribution < -0.4 is 5.32 Å². The lowest BCUT2D eigenvalue weighted by molar-refractivity contribution is 0.0945. The number of nitrogens with zero attached hydrogens (tertiary/aromatic N) is 2. The summed E-state index contributed by atoms with van der Waals surface area (Å²) in [6.45, 7) is 4.05. The van der Waals surface area contributed by atoms with E-state index in [-0.39, 0.29) is 12.5 Å². The van der Waals surface area contributed by atoms with E-state index < -0.39 is 0 Å². The van der Waals surface area contributed by atoms with E-state index in [4.69, 9.17) is 4.52 Å². The third-order valence-corrected chi connectivity index (χ3v) is 4.08. The van der Waals surface area contributed by atoms with Crippen molar-refractivity contribution in [2.24, 2.45) is 0 Å². The number of hydrogen-bond acceptors (Lipinski definition) is 4. The van der Waals surface area contributed by atoms with E-state index in [0.29, 0.717) is 17.3 Å². The summed E-state index contributed by atoms with van der Waals surface area (Å²) < 4.78 is 6.15. The number of rotatable bonds is 4. The van der Waals surface area contributed by atoms with Gasteiger partial charge in [0.1, 0.15) is 0 Å². The van der Waals surface area contributed by atoms with Gasteiger partial charge in [0.05, 0.1) is 6.54 Å². The lowest BCUT2D eigenvalue weighted by Gasteiger charge is -2.06. The average molecular weight is 386 g/mol. The molecule has 0 fully saturated rings. The largest absolute Gasteiger partial charge is 0.343 e. The zero-order chi connectivity index (χ0) is 17.1. The monoisotopic (exact) mass is 385 g/mol. The second kappa shape index (κ2) is 6.97. The molecule has 0 saturated carbocycles. The highest BCUT2D eigenvalue weighted by atomic mass is 79.9. The van der Waals surface area contributed by atoms with Crippen LogP contribution in [0.4, 0.5) is 0 Å². The van der Waals surface area contributed by atoms with Crippen molar-refractivity contribution >= 4 is 21.8 Å². The minimum atomic E-state index is -0.154. The number of aromatic nitrogens is 2. The maximum absolute atomic E-state index is 12.3. The molecule has 6 heteroatoms. The first kappa shape index (κ1) is 16.4. The zero-order valence-electron chi connectivity index (χ0n) is 13.3. The lowest BCUT2D eigenvalue weighted by atomic mass is 10.1. The third kappa shape index (κ3) is 3.71. The van der Waals surface area contributed by atoms with Crippen molar-refractivity contribution in [3.05, 3.63) is 69.5 Å². The highest BCUT2D eigenvalue weighted by molar-refractivity contribution is 9.10. The highest BCUT2D eigenvalue weighted by Gasteiger charge is 2.12. The quantitative estimate of drug-likeness (QED) is 0.735. The third-order valence-electron chi connectivity index (χ3n) is 3.59. The van der Waals surface area contributed by atoms with E-state index in [1.165, 1.54) is 0 Å². The molecule has 3 rings (SSSR count). The fourth-order valence-corrected chi connectivity index (χ4v) is 2.70. The number of amides is 1. The molecule has 0 spiro atoms. The van der Waals surface area contributed by atoms with Gasteiger partial charge in [-0.2, -0.15) is 4.98 Å². The molecule has 3 aromatic rings.